The molecule has 0 saturated carbocycles. The van der Waals surface area contributed by atoms with Crippen LogP contribution >= 0.6 is 15.9 Å². The number of hydrogen-bond acceptors (Lipinski definition) is 5. The van der Waals surface area contributed by atoms with Crippen molar-refractivity contribution in [2.24, 2.45) is 11.1 Å². The van der Waals surface area contributed by atoms with Gasteiger partial charge in [-0.15, -0.1) is 0 Å². The summed E-state index contributed by atoms with van der Waals surface area (Å²) in [5.41, 5.74) is 3.63. The van der Waals surface area contributed by atoms with E-state index >= 15 is 0 Å². The number of nitrogens with zero attached hydrogens (tertiary/aromatic N) is 2. The van der Waals surface area contributed by atoms with E-state index in [0.717, 1.165) is 54.0 Å². The van der Waals surface area contributed by atoms with E-state index in [0.29, 0.717) is 18.3 Å². The molecule has 3 aromatic carbocycles. The van der Waals surface area contributed by atoms with E-state index in [9.17, 15) is 4.79 Å². The molecule has 182 valence electrons. The third-order valence-electron chi connectivity index (χ3n) is 6.07. The molecule has 1 aliphatic heterocycles. The molecule has 6 nitrogen and oxygen atoms in total. The minimum Gasteiger partial charge on any atom is -0.478 e. The Morgan fingerprint density at radius 3 is 2.09 bits per heavy atom. The first kappa shape index (κ1) is 24.9. The second-order valence-corrected chi connectivity index (χ2v) is 9.44. The van der Waals surface area contributed by atoms with Crippen molar-refractivity contribution < 1.29 is 19.5 Å². The van der Waals surface area contributed by atoms with Crippen LogP contribution in [0.1, 0.15) is 41.3 Å². The molecule has 4 rings (SSSR count). The van der Waals surface area contributed by atoms with Crippen molar-refractivity contribution in [1.82, 2.24) is 4.90 Å². The number of hydrogen-bond donors (Lipinski definition) is 1. The van der Waals surface area contributed by atoms with Crippen molar-refractivity contribution in [1.29, 1.82) is 0 Å². The molecule has 35 heavy (non-hydrogen) atoms. The highest BCUT2D eigenvalue weighted by atomic mass is 79.9. The molecular formula is C28H29BrN2O4. The van der Waals surface area contributed by atoms with Gasteiger partial charge in [0.2, 0.25) is 0 Å². The SMILES string of the molecule is CCO/N=C(/c1ccc(Br)cc1)C1CCN(Cc2ccc(Oc3ccc(C(=O)O)cc3)cc2)CC1. The maximum atomic E-state index is 11.0. The van der Waals surface area contributed by atoms with E-state index in [-0.39, 0.29) is 5.56 Å². The van der Waals surface area contributed by atoms with Crippen LogP contribution in [0, 0.1) is 5.92 Å². The Bertz CT molecular complexity index is 1140. The van der Waals surface area contributed by atoms with E-state index in [1.54, 1.807) is 12.1 Å². The summed E-state index contributed by atoms with van der Waals surface area (Å²) < 4.78 is 6.90. The Hall–Kier alpha value is -3.16. The Kier molecular flexibility index (Phi) is 8.55. The summed E-state index contributed by atoms with van der Waals surface area (Å²) in [6.45, 7) is 5.40. The topological polar surface area (TPSA) is 71.4 Å². The maximum Gasteiger partial charge on any atom is 0.335 e. The summed E-state index contributed by atoms with van der Waals surface area (Å²) in [7, 11) is 0. The van der Waals surface area contributed by atoms with Crippen LogP contribution in [-0.2, 0) is 11.4 Å². The summed E-state index contributed by atoms with van der Waals surface area (Å²) in [6, 6.07) is 22.8. The quantitative estimate of drug-likeness (QED) is 0.246. The third kappa shape index (κ3) is 6.93. The average Bonchev–Trinajstić information content (AvgIpc) is 2.88. The first-order chi connectivity index (χ1) is 17.0. The predicted octanol–water partition coefficient (Wildman–Crippen LogP) is 6.59. The van der Waals surface area contributed by atoms with Gasteiger partial charge in [0.25, 0.3) is 0 Å². The van der Waals surface area contributed by atoms with Crippen LogP contribution in [0.25, 0.3) is 0 Å². The summed E-state index contributed by atoms with van der Waals surface area (Å²) in [6.07, 6.45) is 2.07. The zero-order valence-electron chi connectivity index (χ0n) is 19.7. The van der Waals surface area contributed by atoms with E-state index in [4.69, 9.17) is 14.7 Å². The number of piperidine rings is 1. The zero-order chi connectivity index (χ0) is 24.6. The number of aromatic carboxylic acids is 1. The van der Waals surface area contributed by atoms with Crippen LogP contribution in [0.3, 0.4) is 0 Å². The number of likely N-dealkylation sites (tertiary alicyclic amines) is 1. The van der Waals surface area contributed by atoms with Gasteiger partial charge in [-0.2, -0.15) is 0 Å². The van der Waals surface area contributed by atoms with Gasteiger partial charge in [0.05, 0.1) is 11.3 Å². The molecule has 0 amide bonds. The number of carboxylic acid groups (broad SMARTS) is 1. The molecule has 0 aromatic heterocycles. The maximum absolute atomic E-state index is 11.0. The number of benzene rings is 3. The minimum absolute atomic E-state index is 0.240. The van der Waals surface area contributed by atoms with Gasteiger partial charge in [-0.05, 0) is 92.5 Å². The molecule has 0 atom stereocenters. The first-order valence-corrected chi connectivity index (χ1v) is 12.6. The van der Waals surface area contributed by atoms with Crippen molar-refractivity contribution in [2.75, 3.05) is 19.7 Å². The molecule has 1 fully saturated rings. The molecule has 1 aliphatic rings. The lowest BCUT2D eigenvalue weighted by molar-refractivity contribution is 0.0697. The van der Waals surface area contributed by atoms with Gasteiger partial charge in [0.1, 0.15) is 18.1 Å². The van der Waals surface area contributed by atoms with Crippen LogP contribution < -0.4 is 4.74 Å². The highest BCUT2D eigenvalue weighted by molar-refractivity contribution is 9.10. The van der Waals surface area contributed by atoms with Crippen LogP contribution in [0.5, 0.6) is 11.5 Å². The third-order valence-corrected chi connectivity index (χ3v) is 6.60. The van der Waals surface area contributed by atoms with Gasteiger partial charge in [0.15, 0.2) is 0 Å². The molecular weight excluding hydrogens is 508 g/mol. The van der Waals surface area contributed by atoms with Crippen molar-refractivity contribution in [2.45, 2.75) is 26.3 Å². The zero-order valence-corrected chi connectivity index (χ0v) is 21.3. The minimum atomic E-state index is -0.948. The molecule has 0 aliphatic carbocycles. The number of carbonyl (C=O) groups is 1. The largest absolute Gasteiger partial charge is 0.478 e. The van der Waals surface area contributed by atoms with Gasteiger partial charge in [0, 0.05) is 16.9 Å². The van der Waals surface area contributed by atoms with E-state index in [1.807, 2.05) is 31.2 Å². The van der Waals surface area contributed by atoms with Crippen molar-refractivity contribution in [3.05, 3.63) is 94.0 Å². The molecule has 0 radical (unpaired) electrons. The lowest BCUT2D eigenvalue weighted by Crippen LogP contribution is -2.36. The molecule has 3 aromatic rings. The standard InChI is InChI=1S/C28H29BrN2O4/c1-2-34-30-27(21-5-9-24(29)10-6-21)22-15-17-31(18-16-22)19-20-3-11-25(12-4-20)35-26-13-7-23(8-14-26)28(32)33/h3-14,22H,2,15-19H2,1H3,(H,32,33)/b30-27-. The number of carboxylic acids is 1. The number of ether oxygens (including phenoxy) is 1. The molecule has 0 spiro atoms. The van der Waals surface area contributed by atoms with E-state index in [1.165, 1.54) is 17.7 Å². The van der Waals surface area contributed by atoms with Gasteiger partial charge in [-0.25, -0.2) is 4.79 Å². The predicted molar refractivity (Wildman–Crippen MR) is 140 cm³/mol. The summed E-state index contributed by atoms with van der Waals surface area (Å²) in [4.78, 5) is 18.9. The molecule has 1 N–H and O–H groups in total. The number of rotatable bonds is 9. The normalized spacial score (nSPS) is 15.1. The Labute approximate surface area is 214 Å². The fourth-order valence-electron chi connectivity index (χ4n) is 4.20. The average molecular weight is 537 g/mol. The number of halogens is 1. The highest BCUT2D eigenvalue weighted by Gasteiger charge is 2.25. The molecule has 1 saturated heterocycles. The summed E-state index contributed by atoms with van der Waals surface area (Å²) >= 11 is 3.51. The molecule has 7 heteroatoms. The van der Waals surface area contributed by atoms with Gasteiger partial charge < -0.3 is 14.7 Å². The highest BCUT2D eigenvalue weighted by Crippen LogP contribution is 2.26. The lowest BCUT2D eigenvalue weighted by Gasteiger charge is -2.32. The molecule has 1 heterocycles. The monoisotopic (exact) mass is 536 g/mol. The second kappa shape index (κ2) is 12.0. The molecule has 0 bridgehead atoms. The number of oxime groups is 1. The summed E-state index contributed by atoms with van der Waals surface area (Å²) in [5, 5.41) is 13.5. The van der Waals surface area contributed by atoms with Gasteiger partial charge in [-0.3, -0.25) is 4.90 Å². The van der Waals surface area contributed by atoms with Gasteiger partial charge >= 0.3 is 5.97 Å². The van der Waals surface area contributed by atoms with Crippen LogP contribution in [0.15, 0.2) is 82.4 Å². The van der Waals surface area contributed by atoms with E-state index in [2.05, 4.69) is 50.3 Å². The van der Waals surface area contributed by atoms with Crippen molar-refractivity contribution in [3.8, 4) is 11.5 Å². The summed E-state index contributed by atoms with van der Waals surface area (Å²) in [5.74, 6) is 0.764. The molecule has 0 unspecified atom stereocenters. The Balaban J connectivity index is 1.31. The van der Waals surface area contributed by atoms with Crippen molar-refractivity contribution >= 4 is 27.6 Å². The first-order valence-electron chi connectivity index (χ1n) is 11.8. The van der Waals surface area contributed by atoms with Crippen molar-refractivity contribution in [3.63, 3.8) is 0 Å². The lowest BCUT2D eigenvalue weighted by atomic mass is 9.88. The van der Waals surface area contributed by atoms with E-state index < -0.39 is 5.97 Å². The second-order valence-electron chi connectivity index (χ2n) is 8.53. The Morgan fingerprint density at radius 2 is 1.51 bits per heavy atom. The smallest absolute Gasteiger partial charge is 0.335 e. The van der Waals surface area contributed by atoms with Crippen LogP contribution in [-0.4, -0.2) is 41.4 Å². The van der Waals surface area contributed by atoms with Crippen LogP contribution in [0.2, 0.25) is 0 Å². The fraction of sp³-hybridized carbons (Fsp3) is 0.286. The van der Waals surface area contributed by atoms with Gasteiger partial charge in [-0.1, -0.05) is 45.4 Å². The fourth-order valence-corrected chi connectivity index (χ4v) is 4.47. The Morgan fingerprint density at radius 1 is 0.943 bits per heavy atom. The van der Waals surface area contributed by atoms with Crippen LogP contribution in [0.4, 0.5) is 0 Å².